The fraction of sp³-hybridized carbons (Fsp3) is 0.118. The molecule has 0 bridgehead atoms. The van der Waals surface area contributed by atoms with Crippen LogP contribution in [0.25, 0.3) is 5.65 Å². The van der Waals surface area contributed by atoms with Crippen LogP contribution in [0.4, 0.5) is 5.69 Å². The minimum atomic E-state index is -0.294. The Hall–Kier alpha value is -3.55. The average Bonchev–Trinajstić information content (AvgIpc) is 3.21. The Morgan fingerprint density at radius 1 is 1.20 bits per heavy atom. The summed E-state index contributed by atoms with van der Waals surface area (Å²) in [5.74, 6) is 0.257. The summed E-state index contributed by atoms with van der Waals surface area (Å²) in [4.78, 5) is 24.8. The average molecular weight is 333 g/mol. The molecule has 0 aliphatic heterocycles. The monoisotopic (exact) mass is 333 g/mol. The van der Waals surface area contributed by atoms with Gasteiger partial charge in [0.15, 0.2) is 0 Å². The molecule has 4 heterocycles. The Kier molecular flexibility index (Phi) is 3.70. The third-order valence-corrected chi connectivity index (χ3v) is 3.64. The maximum Gasteiger partial charge on any atom is 0.274 e. The minimum Gasteiger partial charge on any atom is -0.318 e. The second-order valence-corrected chi connectivity index (χ2v) is 5.57. The summed E-state index contributed by atoms with van der Waals surface area (Å²) in [6.45, 7) is 2.26. The Morgan fingerprint density at radius 2 is 2.12 bits per heavy atom. The molecule has 1 amide bonds. The van der Waals surface area contributed by atoms with E-state index in [1.54, 1.807) is 36.3 Å². The van der Waals surface area contributed by atoms with Crippen molar-refractivity contribution in [3.05, 3.63) is 72.5 Å². The van der Waals surface area contributed by atoms with Crippen molar-refractivity contribution < 1.29 is 4.79 Å². The normalized spacial score (nSPS) is 10.9. The van der Waals surface area contributed by atoms with E-state index in [2.05, 4.69) is 25.4 Å². The van der Waals surface area contributed by atoms with Crippen LogP contribution in [0, 0.1) is 6.92 Å². The lowest BCUT2D eigenvalue weighted by atomic mass is 10.3. The number of nitrogens with zero attached hydrogens (tertiary/aromatic N) is 6. The molecule has 0 saturated carbocycles. The van der Waals surface area contributed by atoms with Gasteiger partial charge in [-0.15, -0.1) is 0 Å². The van der Waals surface area contributed by atoms with Crippen molar-refractivity contribution in [2.24, 2.45) is 0 Å². The van der Waals surface area contributed by atoms with Crippen molar-refractivity contribution >= 4 is 17.2 Å². The molecule has 4 aromatic heterocycles. The number of rotatable bonds is 4. The third-order valence-electron chi connectivity index (χ3n) is 3.64. The van der Waals surface area contributed by atoms with E-state index in [1.807, 2.05) is 35.0 Å². The van der Waals surface area contributed by atoms with Crippen LogP contribution < -0.4 is 5.32 Å². The lowest BCUT2D eigenvalue weighted by Crippen LogP contribution is -2.14. The first-order chi connectivity index (χ1) is 12.2. The van der Waals surface area contributed by atoms with E-state index in [9.17, 15) is 4.79 Å². The number of fused-ring (bicyclic) bond motifs is 1. The second-order valence-electron chi connectivity index (χ2n) is 5.57. The summed E-state index contributed by atoms with van der Waals surface area (Å²) in [6.07, 6.45) is 8.82. The molecule has 0 saturated heterocycles. The number of aryl methyl sites for hydroxylation is 1. The van der Waals surface area contributed by atoms with Crippen LogP contribution in [0.2, 0.25) is 0 Å². The number of carbonyl (C=O) groups excluding carboxylic acids is 1. The lowest BCUT2D eigenvalue weighted by molar-refractivity contribution is 0.102. The number of amides is 1. The smallest absolute Gasteiger partial charge is 0.274 e. The van der Waals surface area contributed by atoms with Gasteiger partial charge < -0.3 is 9.72 Å². The first kappa shape index (κ1) is 15.0. The molecule has 4 rings (SSSR count). The molecule has 25 heavy (non-hydrogen) atoms. The minimum absolute atomic E-state index is 0.294. The van der Waals surface area contributed by atoms with Crippen molar-refractivity contribution in [2.75, 3.05) is 5.32 Å². The second kappa shape index (κ2) is 6.16. The molecule has 0 aliphatic rings. The number of anilines is 1. The third kappa shape index (κ3) is 3.23. The molecule has 0 atom stereocenters. The molecule has 8 nitrogen and oxygen atoms in total. The first-order valence-electron chi connectivity index (χ1n) is 7.73. The number of hydrogen-bond acceptors (Lipinski definition) is 5. The maximum atomic E-state index is 12.2. The van der Waals surface area contributed by atoms with Crippen molar-refractivity contribution in [1.82, 2.24) is 29.1 Å². The molecule has 0 unspecified atom stereocenters. The number of hydrogen-bond donors (Lipinski definition) is 1. The van der Waals surface area contributed by atoms with E-state index in [0.29, 0.717) is 23.8 Å². The predicted molar refractivity (Wildman–Crippen MR) is 91.2 cm³/mol. The van der Waals surface area contributed by atoms with Gasteiger partial charge in [-0.1, -0.05) is 6.07 Å². The first-order valence-corrected chi connectivity index (χ1v) is 7.73. The van der Waals surface area contributed by atoms with Gasteiger partial charge in [0.05, 0.1) is 24.1 Å². The van der Waals surface area contributed by atoms with E-state index in [0.717, 1.165) is 11.3 Å². The number of carbonyl (C=O) groups is 1. The summed E-state index contributed by atoms with van der Waals surface area (Å²) >= 11 is 0. The van der Waals surface area contributed by atoms with Gasteiger partial charge in [-0.05, 0) is 25.1 Å². The predicted octanol–water partition coefficient (Wildman–Crippen LogP) is 1.93. The zero-order chi connectivity index (χ0) is 17.2. The summed E-state index contributed by atoms with van der Waals surface area (Å²) in [5.41, 5.74) is 2.70. The van der Waals surface area contributed by atoms with E-state index >= 15 is 0 Å². The van der Waals surface area contributed by atoms with Crippen molar-refractivity contribution in [2.45, 2.75) is 13.5 Å². The van der Waals surface area contributed by atoms with Crippen LogP contribution in [-0.2, 0) is 6.54 Å². The van der Waals surface area contributed by atoms with Crippen molar-refractivity contribution in [3.8, 4) is 0 Å². The van der Waals surface area contributed by atoms with Crippen LogP contribution in [0.3, 0.4) is 0 Å². The topological polar surface area (TPSA) is 90.0 Å². The Labute approximate surface area is 143 Å². The van der Waals surface area contributed by atoms with Crippen molar-refractivity contribution in [3.63, 3.8) is 0 Å². The number of nitrogens with one attached hydrogen (secondary N) is 1. The largest absolute Gasteiger partial charge is 0.318 e. The highest BCUT2D eigenvalue weighted by Gasteiger charge is 2.10. The van der Waals surface area contributed by atoms with Crippen LogP contribution in [0.15, 0.2) is 55.2 Å². The summed E-state index contributed by atoms with van der Waals surface area (Å²) in [6, 6.07) is 7.42. The summed E-state index contributed by atoms with van der Waals surface area (Å²) in [5, 5.41) is 7.05. The van der Waals surface area contributed by atoms with Gasteiger partial charge in [-0.25, -0.2) is 15.0 Å². The van der Waals surface area contributed by atoms with Crippen LogP contribution in [0.5, 0.6) is 0 Å². The van der Waals surface area contributed by atoms with Gasteiger partial charge in [0, 0.05) is 24.8 Å². The molecule has 4 aromatic rings. The fourth-order valence-corrected chi connectivity index (χ4v) is 2.52. The summed E-state index contributed by atoms with van der Waals surface area (Å²) < 4.78 is 3.68. The number of aromatic nitrogens is 6. The molecular formula is C17H15N7O. The van der Waals surface area contributed by atoms with Crippen LogP contribution in [0.1, 0.15) is 22.0 Å². The number of pyridine rings is 1. The van der Waals surface area contributed by atoms with Crippen molar-refractivity contribution in [1.29, 1.82) is 0 Å². The van der Waals surface area contributed by atoms with Crippen LogP contribution in [-0.4, -0.2) is 35.0 Å². The summed E-state index contributed by atoms with van der Waals surface area (Å²) in [7, 11) is 0. The quantitative estimate of drug-likeness (QED) is 0.616. The highest BCUT2D eigenvalue weighted by Crippen LogP contribution is 2.10. The van der Waals surface area contributed by atoms with E-state index in [1.165, 1.54) is 0 Å². The molecule has 124 valence electrons. The highest BCUT2D eigenvalue weighted by molar-refractivity contribution is 6.02. The Bertz CT molecular complexity index is 1020. The molecule has 0 fully saturated rings. The van der Waals surface area contributed by atoms with Gasteiger partial charge in [0.25, 0.3) is 5.91 Å². The molecular weight excluding hydrogens is 318 g/mol. The van der Waals surface area contributed by atoms with E-state index in [-0.39, 0.29) is 5.91 Å². The van der Waals surface area contributed by atoms with Gasteiger partial charge in [0.2, 0.25) is 0 Å². The fourth-order valence-electron chi connectivity index (χ4n) is 2.52. The van der Waals surface area contributed by atoms with Gasteiger partial charge >= 0.3 is 0 Å². The van der Waals surface area contributed by atoms with Gasteiger partial charge in [-0.3, -0.25) is 9.48 Å². The molecule has 0 radical (unpaired) electrons. The Morgan fingerprint density at radius 3 is 2.96 bits per heavy atom. The van der Waals surface area contributed by atoms with Gasteiger partial charge in [0.1, 0.15) is 17.2 Å². The molecule has 8 heteroatoms. The number of imidazole rings is 1. The van der Waals surface area contributed by atoms with Crippen LogP contribution >= 0.6 is 0 Å². The Balaban J connectivity index is 1.47. The molecule has 0 aromatic carbocycles. The van der Waals surface area contributed by atoms with Gasteiger partial charge in [-0.2, -0.15) is 5.10 Å². The molecule has 0 aliphatic carbocycles. The van der Waals surface area contributed by atoms with E-state index < -0.39 is 0 Å². The molecule has 0 spiro atoms. The lowest BCUT2D eigenvalue weighted by Gasteiger charge is -2.02. The standard InChI is InChI=1S/C17H15N7O/c1-12-18-6-5-15(20-12)17(25)22-13-8-19-24(10-13)11-14-9-23-7-3-2-4-16(23)21-14/h2-10H,11H2,1H3,(H,22,25). The zero-order valence-electron chi connectivity index (χ0n) is 13.5. The molecule has 1 N–H and O–H groups in total. The SMILES string of the molecule is Cc1nccc(C(=O)Nc2cnn(Cc3cn4ccccc4n3)c2)n1. The maximum absolute atomic E-state index is 12.2. The zero-order valence-corrected chi connectivity index (χ0v) is 13.5. The highest BCUT2D eigenvalue weighted by atomic mass is 16.1. The van der Waals surface area contributed by atoms with E-state index in [4.69, 9.17) is 0 Å².